The van der Waals surface area contributed by atoms with Crippen molar-refractivity contribution in [2.24, 2.45) is 0 Å². The summed E-state index contributed by atoms with van der Waals surface area (Å²) in [6.45, 7) is 4.51. The first kappa shape index (κ1) is 16.1. The average molecular weight is 341 g/mol. The van der Waals surface area contributed by atoms with E-state index in [4.69, 9.17) is 4.74 Å². The van der Waals surface area contributed by atoms with Crippen LogP contribution in [0.4, 0.5) is 5.69 Å². The number of carbonyl (C=O) groups is 1. The molecule has 0 bridgehead atoms. The van der Waals surface area contributed by atoms with Gasteiger partial charge in [-0.15, -0.1) is 0 Å². The summed E-state index contributed by atoms with van der Waals surface area (Å²) in [5, 5.41) is 0.928. The highest BCUT2D eigenvalue weighted by Gasteiger charge is 2.35. The molecular weight excluding hydrogens is 318 g/mol. The number of hydrogen-bond donors (Lipinski definition) is 0. The minimum absolute atomic E-state index is 0.0669. The Labute approximate surface area is 147 Å². The Morgan fingerprint density at radius 1 is 1.12 bits per heavy atom. The molecule has 4 rings (SSSR count). The highest BCUT2D eigenvalue weighted by Crippen LogP contribution is 2.27. The van der Waals surface area contributed by atoms with E-state index in [0.29, 0.717) is 5.88 Å². The van der Waals surface area contributed by atoms with Gasteiger partial charge in [0.2, 0.25) is 11.8 Å². The van der Waals surface area contributed by atoms with Gasteiger partial charge in [-0.05, 0) is 24.6 Å². The third-order valence-corrected chi connectivity index (χ3v) is 5.30. The molecule has 25 heavy (non-hydrogen) atoms. The summed E-state index contributed by atoms with van der Waals surface area (Å²) in [6, 6.07) is 6.27. The minimum Gasteiger partial charge on any atom is -0.480 e. The van der Waals surface area contributed by atoms with E-state index in [1.807, 2.05) is 18.0 Å². The number of rotatable bonds is 3. The Bertz CT molecular complexity index is 788. The van der Waals surface area contributed by atoms with Gasteiger partial charge in [-0.2, -0.15) is 0 Å². The summed E-state index contributed by atoms with van der Waals surface area (Å²) in [6.07, 6.45) is 2.47. The molecule has 0 radical (unpaired) electrons. The number of amides is 1. The van der Waals surface area contributed by atoms with Crippen LogP contribution < -0.4 is 9.64 Å². The first-order chi connectivity index (χ1) is 12.2. The molecule has 132 valence electrons. The Hall–Kier alpha value is -2.41. The van der Waals surface area contributed by atoms with Crippen molar-refractivity contribution in [3.8, 4) is 5.88 Å². The monoisotopic (exact) mass is 341 g/mol. The number of ether oxygens (including phenoxy) is 1. The lowest BCUT2D eigenvalue weighted by Crippen LogP contribution is -2.52. The quantitative estimate of drug-likeness (QED) is 0.830. The van der Waals surface area contributed by atoms with Crippen molar-refractivity contribution in [2.75, 3.05) is 51.8 Å². The number of methoxy groups -OCH3 is 1. The third kappa shape index (κ3) is 2.89. The largest absolute Gasteiger partial charge is 0.480 e. The molecule has 7 nitrogen and oxygen atoms in total. The lowest BCUT2D eigenvalue weighted by molar-refractivity contribution is -0.131. The number of anilines is 1. The van der Waals surface area contributed by atoms with Crippen LogP contribution in [0.1, 0.15) is 6.42 Å². The van der Waals surface area contributed by atoms with Crippen LogP contribution in [0.2, 0.25) is 0 Å². The standard InChI is InChI=1S/C18H23N5O2/c1-21-6-5-16(18(21)24)23-9-7-22(8-10-23)13-3-4-15-14(11-13)17(25-2)20-12-19-15/h3-4,11-12,16H,5-10H2,1-2H3. The summed E-state index contributed by atoms with van der Waals surface area (Å²) in [7, 11) is 3.52. The lowest BCUT2D eigenvalue weighted by atomic mass is 10.1. The predicted molar refractivity (Wildman–Crippen MR) is 95.9 cm³/mol. The number of fused-ring (bicyclic) bond motifs is 1. The molecule has 1 amide bonds. The third-order valence-electron chi connectivity index (χ3n) is 5.30. The molecule has 0 saturated carbocycles. The number of likely N-dealkylation sites (N-methyl/N-ethyl adjacent to an activating group) is 1. The second-order valence-corrected chi connectivity index (χ2v) is 6.67. The van der Waals surface area contributed by atoms with E-state index in [2.05, 4.69) is 31.9 Å². The van der Waals surface area contributed by atoms with Crippen LogP contribution in [0.5, 0.6) is 5.88 Å². The highest BCUT2D eigenvalue weighted by atomic mass is 16.5. The van der Waals surface area contributed by atoms with Gasteiger partial charge in [0.15, 0.2) is 0 Å². The van der Waals surface area contributed by atoms with Gasteiger partial charge in [0.25, 0.3) is 0 Å². The molecule has 2 saturated heterocycles. The normalized spacial score (nSPS) is 22.0. The van der Waals surface area contributed by atoms with Crippen molar-refractivity contribution in [3.05, 3.63) is 24.5 Å². The fourth-order valence-electron chi connectivity index (χ4n) is 3.81. The summed E-state index contributed by atoms with van der Waals surface area (Å²) in [5.74, 6) is 0.867. The summed E-state index contributed by atoms with van der Waals surface area (Å²) in [4.78, 5) is 27.2. The van der Waals surface area contributed by atoms with Crippen LogP contribution in [0, 0.1) is 0 Å². The Kier molecular flexibility index (Phi) is 4.17. The van der Waals surface area contributed by atoms with Crippen molar-refractivity contribution >= 4 is 22.5 Å². The maximum absolute atomic E-state index is 12.2. The zero-order valence-corrected chi connectivity index (χ0v) is 14.7. The Morgan fingerprint density at radius 2 is 1.92 bits per heavy atom. The fourth-order valence-corrected chi connectivity index (χ4v) is 3.81. The molecule has 3 heterocycles. The topological polar surface area (TPSA) is 61.8 Å². The van der Waals surface area contributed by atoms with E-state index in [1.165, 1.54) is 6.33 Å². The Morgan fingerprint density at radius 3 is 2.60 bits per heavy atom. The smallest absolute Gasteiger partial charge is 0.239 e. The van der Waals surface area contributed by atoms with Gasteiger partial charge in [-0.25, -0.2) is 9.97 Å². The van der Waals surface area contributed by atoms with E-state index in [0.717, 1.165) is 55.7 Å². The molecule has 0 N–H and O–H groups in total. The average Bonchev–Trinajstić information content (AvgIpc) is 3.00. The van der Waals surface area contributed by atoms with E-state index in [-0.39, 0.29) is 11.9 Å². The number of benzene rings is 1. The number of hydrogen-bond acceptors (Lipinski definition) is 6. The van der Waals surface area contributed by atoms with Crippen LogP contribution in [-0.2, 0) is 4.79 Å². The first-order valence-corrected chi connectivity index (χ1v) is 8.70. The summed E-state index contributed by atoms with van der Waals surface area (Å²) in [5.41, 5.74) is 2.03. The van der Waals surface area contributed by atoms with Gasteiger partial charge in [-0.1, -0.05) is 0 Å². The SMILES string of the molecule is COc1ncnc2ccc(N3CCN(C4CCN(C)C4=O)CC3)cc12. The van der Waals surface area contributed by atoms with Gasteiger partial charge < -0.3 is 14.5 Å². The van der Waals surface area contributed by atoms with Crippen LogP contribution in [-0.4, -0.2) is 78.6 Å². The van der Waals surface area contributed by atoms with Gasteiger partial charge in [0, 0.05) is 45.5 Å². The number of carbonyl (C=O) groups excluding carboxylic acids is 1. The molecule has 1 unspecified atom stereocenters. The van der Waals surface area contributed by atoms with E-state index in [1.54, 1.807) is 7.11 Å². The Balaban J connectivity index is 1.49. The van der Waals surface area contributed by atoms with Crippen molar-refractivity contribution in [3.63, 3.8) is 0 Å². The zero-order chi connectivity index (χ0) is 17.4. The molecule has 7 heteroatoms. The van der Waals surface area contributed by atoms with Crippen LogP contribution in [0.3, 0.4) is 0 Å². The van der Waals surface area contributed by atoms with Crippen molar-refractivity contribution in [1.29, 1.82) is 0 Å². The second kappa shape index (κ2) is 6.48. The van der Waals surface area contributed by atoms with Crippen LogP contribution in [0.15, 0.2) is 24.5 Å². The van der Waals surface area contributed by atoms with E-state index >= 15 is 0 Å². The number of nitrogens with zero attached hydrogens (tertiary/aromatic N) is 5. The van der Waals surface area contributed by atoms with E-state index in [9.17, 15) is 4.79 Å². The highest BCUT2D eigenvalue weighted by molar-refractivity contribution is 5.87. The fraction of sp³-hybridized carbons (Fsp3) is 0.500. The summed E-state index contributed by atoms with van der Waals surface area (Å²) >= 11 is 0. The molecule has 2 aliphatic heterocycles. The summed E-state index contributed by atoms with van der Waals surface area (Å²) < 4.78 is 5.36. The molecule has 1 aromatic carbocycles. The molecule has 0 spiro atoms. The minimum atomic E-state index is 0.0669. The molecule has 0 aliphatic carbocycles. The van der Waals surface area contributed by atoms with E-state index < -0.39 is 0 Å². The zero-order valence-electron chi connectivity index (χ0n) is 14.7. The van der Waals surface area contributed by atoms with Crippen LogP contribution >= 0.6 is 0 Å². The number of piperazine rings is 1. The molecule has 2 aliphatic rings. The van der Waals surface area contributed by atoms with Gasteiger partial charge in [-0.3, -0.25) is 9.69 Å². The second-order valence-electron chi connectivity index (χ2n) is 6.67. The lowest BCUT2D eigenvalue weighted by Gasteiger charge is -2.38. The van der Waals surface area contributed by atoms with Crippen molar-refractivity contribution in [1.82, 2.24) is 19.8 Å². The first-order valence-electron chi connectivity index (χ1n) is 8.70. The molecular formula is C18H23N5O2. The maximum atomic E-state index is 12.2. The number of likely N-dealkylation sites (tertiary alicyclic amines) is 1. The molecule has 2 aromatic rings. The van der Waals surface area contributed by atoms with Crippen molar-refractivity contribution in [2.45, 2.75) is 12.5 Å². The van der Waals surface area contributed by atoms with Gasteiger partial charge >= 0.3 is 0 Å². The van der Waals surface area contributed by atoms with Crippen molar-refractivity contribution < 1.29 is 9.53 Å². The molecule has 1 atom stereocenters. The predicted octanol–water partition coefficient (Wildman–Crippen LogP) is 0.991. The number of aromatic nitrogens is 2. The van der Waals surface area contributed by atoms with Gasteiger partial charge in [0.1, 0.15) is 6.33 Å². The maximum Gasteiger partial charge on any atom is 0.239 e. The van der Waals surface area contributed by atoms with Gasteiger partial charge in [0.05, 0.1) is 24.1 Å². The molecule has 1 aromatic heterocycles. The molecule has 2 fully saturated rings. The van der Waals surface area contributed by atoms with Crippen LogP contribution in [0.25, 0.3) is 10.9 Å².